The summed E-state index contributed by atoms with van der Waals surface area (Å²) in [5.74, 6) is 0.367. The molecule has 4 heteroatoms. The molecule has 0 aromatic carbocycles. The maximum absolute atomic E-state index is 7.23. The van der Waals surface area contributed by atoms with Crippen LogP contribution in [0.2, 0.25) is 0 Å². The Morgan fingerprint density at radius 1 is 1.45 bits per heavy atom. The van der Waals surface area contributed by atoms with Gasteiger partial charge in [0.05, 0.1) is 0 Å². The maximum Gasteiger partial charge on any atom is 0.249 e. The molecule has 4 nitrogen and oxygen atoms in total. The summed E-state index contributed by atoms with van der Waals surface area (Å²) in [6.45, 7) is 2.51. The molecule has 1 heterocycles. The molecule has 1 rings (SSSR count). The van der Waals surface area contributed by atoms with E-state index in [9.17, 15) is 0 Å². The normalized spacial score (nSPS) is 20.8. The van der Waals surface area contributed by atoms with Crippen molar-refractivity contribution in [2.45, 2.75) is 6.92 Å². The maximum atomic E-state index is 7.23. The Morgan fingerprint density at radius 2 is 2.09 bits per heavy atom. The molecular formula is C7H10N2O2. The van der Waals surface area contributed by atoms with Gasteiger partial charge in [-0.25, -0.2) is 0 Å². The molecule has 2 N–H and O–H groups in total. The number of hydrogen-bond donors (Lipinski definition) is 2. The van der Waals surface area contributed by atoms with E-state index in [-0.39, 0.29) is 5.90 Å². The zero-order chi connectivity index (χ0) is 8.27. The predicted octanol–water partition coefficient (Wildman–Crippen LogP) is 0.934. The molecule has 1 saturated heterocycles. The summed E-state index contributed by atoms with van der Waals surface area (Å²) in [5, 5.41) is 14.3. The van der Waals surface area contributed by atoms with Crippen molar-refractivity contribution < 1.29 is 9.47 Å². The van der Waals surface area contributed by atoms with Gasteiger partial charge in [-0.05, 0) is 6.92 Å². The van der Waals surface area contributed by atoms with Crippen molar-refractivity contribution in [3.8, 4) is 0 Å². The molecule has 0 aromatic heterocycles. The van der Waals surface area contributed by atoms with Crippen LogP contribution in [0.4, 0.5) is 0 Å². The molecule has 60 valence electrons. The molecule has 0 saturated carbocycles. The minimum atomic E-state index is 0.0165. The molecule has 0 spiro atoms. The number of rotatable bonds is 1. The van der Waals surface area contributed by atoms with Crippen molar-refractivity contribution >= 4 is 11.6 Å². The van der Waals surface area contributed by atoms with E-state index in [1.54, 1.807) is 6.92 Å². The van der Waals surface area contributed by atoms with Crippen LogP contribution < -0.4 is 0 Å². The SMILES string of the molecule is CC(=N)/C=C1/OCCOC1=N. The average Bonchev–Trinajstić information content (AvgIpc) is 1.93. The Hall–Kier alpha value is -1.32. The smallest absolute Gasteiger partial charge is 0.249 e. The molecule has 1 aliphatic rings. The van der Waals surface area contributed by atoms with Gasteiger partial charge in [-0.2, -0.15) is 0 Å². The van der Waals surface area contributed by atoms with Crippen molar-refractivity contribution in [3.05, 3.63) is 11.8 Å². The van der Waals surface area contributed by atoms with E-state index in [1.807, 2.05) is 0 Å². The summed E-state index contributed by atoms with van der Waals surface area (Å²) in [7, 11) is 0. The van der Waals surface area contributed by atoms with Crippen LogP contribution in [0.15, 0.2) is 11.8 Å². The minimum Gasteiger partial charge on any atom is -0.484 e. The highest BCUT2D eigenvalue weighted by Crippen LogP contribution is 2.06. The molecule has 1 fully saturated rings. The summed E-state index contributed by atoms with van der Waals surface area (Å²) < 4.78 is 9.96. The third-order valence-corrected chi connectivity index (χ3v) is 1.16. The van der Waals surface area contributed by atoms with Crippen molar-refractivity contribution in [1.82, 2.24) is 0 Å². The first-order valence-corrected chi connectivity index (χ1v) is 3.31. The van der Waals surface area contributed by atoms with Crippen LogP contribution in [0.25, 0.3) is 0 Å². The second-order valence-corrected chi connectivity index (χ2v) is 2.22. The van der Waals surface area contributed by atoms with E-state index in [4.69, 9.17) is 20.3 Å². The molecule has 0 radical (unpaired) electrons. The lowest BCUT2D eigenvalue weighted by Gasteiger charge is -2.17. The highest BCUT2D eigenvalue weighted by atomic mass is 16.6. The van der Waals surface area contributed by atoms with Crippen LogP contribution in [0.3, 0.4) is 0 Å². The fraction of sp³-hybridized carbons (Fsp3) is 0.429. The van der Waals surface area contributed by atoms with Gasteiger partial charge in [-0.1, -0.05) is 0 Å². The standard InChI is InChI=1S/C7H10N2O2/c1-5(8)4-6-7(9)11-3-2-10-6/h4,8-9H,2-3H2,1H3/b6-4+,8-5?,9-7?. The van der Waals surface area contributed by atoms with Crippen molar-refractivity contribution in [2.75, 3.05) is 13.2 Å². The fourth-order valence-electron chi connectivity index (χ4n) is 0.736. The van der Waals surface area contributed by atoms with Crippen LogP contribution in [0.1, 0.15) is 6.92 Å². The Bertz CT molecular complexity index is 220. The van der Waals surface area contributed by atoms with E-state index < -0.39 is 0 Å². The zero-order valence-corrected chi connectivity index (χ0v) is 6.31. The molecule has 0 aromatic rings. The lowest BCUT2D eigenvalue weighted by molar-refractivity contribution is 0.116. The van der Waals surface area contributed by atoms with Gasteiger partial charge >= 0.3 is 0 Å². The summed E-state index contributed by atoms with van der Waals surface area (Å²) in [4.78, 5) is 0. The van der Waals surface area contributed by atoms with Crippen molar-refractivity contribution in [3.63, 3.8) is 0 Å². The van der Waals surface area contributed by atoms with E-state index in [1.165, 1.54) is 6.08 Å². The largest absolute Gasteiger partial charge is 0.484 e. The minimum absolute atomic E-state index is 0.0165. The molecule has 0 amide bonds. The van der Waals surface area contributed by atoms with E-state index in [0.717, 1.165) is 0 Å². The fourth-order valence-corrected chi connectivity index (χ4v) is 0.736. The first kappa shape index (κ1) is 7.78. The monoisotopic (exact) mass is 154 g/mol. The van der Waals surface area contributed by atoms with Crippen LogP contribution in [-0.4, -0.2) is 24.8 Å². The van der Waals surface area contributed by atoms with Gasteiger partial charge in [0.15, 0.2) is 5.76 Å². The van der Waals surface area contributed by atoms with Gasteiger partial charge < -0.3 is 14.9 Å². The van der Waals surface area contributed by atoms with Gasteiger partial charge in [-0.3, -0.25) is 5.41 Å². The molecule has 0 aliphatic carbocycles. The van der Waals surface area contributed by atoms with Gasteiger partial charge in [0.2, 0.25) is 5.90 Å². The second-order valence-electron chi connectivity index (χ2n) is 2.22. The predicted molar refractivity (Wildman–Crippen MR) is 41.1 cm³/mol. The molecule has 11 heavy (non-hydrogen) atoms. The van der Waals surface area contributed by atoms with Crippen LogP contribution in [0.5, 0.6) is 0 Å². The number of ether oxygens (including phenoxy) is 2. The molecule has 0 unspecified atom stereocenters. The van der Waals surface area contributed by atoms with Crippen LogP contribution in [-0.2, 0) is 9.47 Å². The number of nitrogens with one attached hydrogen (secondary N) is 2. The first-order valence-electron chi connectivity index (χ1n) is 3.31. The molecule has 0 atom stereocenters. The summed E-state index contributed by atoms with van der Waals surface area (Å²) >= 11 is 0. The van der Waals surface area contributed by atoms with Gasteiger partial charge in [-0.15, -0.1) is 0 Å². The van der Waals surface area contributed by atoms with Crippen LogP contribution in [0, 0.1) is 10.8 Å². The Labute approximate surface area is 64.8 Å². The third-order valence-electron chi connectivity index (χ3n) is 1.16. The Morgan fingerprint density at radius 3 is 2.64 bits per heavy atom. The highest BCUT2D eigenvalue weighted by molar-refractivity contribution is 5.99. The van der Waals surface area contributed by atoms with Gasteiger partial charge in [0.1, 0.15) is 13.2 Å². The Balaban J connectivity index is 2.68. The Kier molecular flexibility index (Phi) is 2.25. The van der Waals surface area contributed by atoms with Gasteiger partial charge in [0, 0.05) is 11.8 Å². The third kappa shape index (κ3) is 2.07. The quantitative estimate of drug-likeness (QED) is 0.552. The number of allylic oxidation sites excluding steroid dienone is 1. The van der Waals surface area contributed by atoms with E-state index >= 15 is 0 Å². The summed E-state index contributed by atoms with van der Waals surface area (Å²) in [5.41, 5.74) is 0.357. The van der Waals surface area contributed by atoms with Gasteiger partial charge in [0.25, 0.3) is 0 Å². The average molecular weight is 154 g/mol. The molecular weight excluding hydrogens is 144 g/mol. The molecule has 0 bridgehead atoms. The van der Waals surface area contributed by atoms with E-state index in [0.29, 0.717) is 24.7 Å². The van der Waals surface area contributed by atoms with Crippen molar-refractivity contribution in [2.24, 2.45) is 0 Å². The summed E-state index contributed by atoms with van der Waals surface area (Å²) in [6.07, 6.45) is 1.47. The second kappa shape index (κ2) is 3.18. The lowest BCUT2D eigenvalue weighted by Crippen LogP contribution is -2.21. The molecule has 1 aliphatic heterocycles. The number of hydrogen-bond acceptors (Lipinski definition) is 4. The lowest BCUT2D eigenvalue weighted by atomic mass is 10.3. The van der Waals surface area contributed by atoms with Crippen LogP contribution >= 0.6 is 0 Å². The first-order chi connectivity index (χ1) is 5.20. The van der Waals surface area contributed by atoms with E-state index in [2.05, 4.69) is 0 Å². The zero-order valence-electron chi connectivity index (χ0n) is 6.31. The topological polar surface area (TPSA) is 66.2 Å². The highest BCUT2D eigenvalue weighted by Gasteiger charge is 2.13. The summed E-state index contributed by atoms with van der Waals surface area (Å²) in [6, 6.07) is 0. The van der Waals surface area contributed by atoms with Crippen molar-refractivity contribution in [1.29, 1.82) is 10.8 Å².